The van der Waals surface area contributed by atoms with E-state index in [1.54, 1.807) is 42.5 Å². The lowest BCUT2D eigenvalue weighted by Gasteiger charge is -2.39. The molecule has 4 aliphatic rings. The molecule has 4 bridgehead atoms. The minimum absolute atomic E-state index is 0.0145. The van der Waals surface area contributed by atoms with E-state index >= 15 is 0 Å². The van der Waals surface area contributed by atoms with Gasteiger partial charge in [0.2, 0.25) is 0 Å². The lowest BCUT2D eigenvalue weighted by atomic mass is 9.96. The number of rotatable bonds is 12. The Morgan fingerprint density at radius 1 is 0.596 bits per heavy atom. The topological polar surface area (TPSA) is 107 Å². The maximum atomic E-state index is 12.4. The molecule has 0 aliphatic carbocycles. The Morgan fingerprint density at radius 3 is 1.44 bits per heavy atom. The van der Waals surface area contributed by atoms with Crippen molar-refractivity contribution in [3.63, 3.8) is 0 Å². The first-order valence-corrected chi connectivity index (χ1v) is 20.9. The van der Waals surface area contributed by atoms with Gasteiger partial charge >= 0.3 is 0 Å². The summed E-state index contributed by atoms with van der Waals surface area (Å²) in [5, 5.41) is 17.4. The first kappa shape index (κ1) is 40.9. The number of hydrogen-bond donors (Lipinski definition) is 2. The first-order valence-electron chi connectivity index (χ1n) is 19.8. The number of fused-ring (bicyclic) bond motifs is 4. The summed E-state index contributed by atoms with van der Waals surface area (Å²) < 4.78 is 11.1. The third kappa shape index (κ3) is 11.4. The Kier molecular flexibility index (Phi) is 13.9. The highest BCUT2D eigenvalue weighted by Gasteiger charge is 2.42. The summed E-state index contributed by atoms with van der Waals surface area (Å²) in [6, 6.07) is 34.7. The zero-order valence-corrected chi connectivity index (χ0v) is 34.1. The van der Waals surface area contributed by atoms with Gasteiger partial charge in [0.25, 0.3) is 11.8 Å². The Balaban J connectivity index is 0.000000174. The number of nitriles is 1. The van der Waals surface area contributed by atoms with Gasteiger partial charge in [-0.3, -0.25) is 19.4 Å². The maximum Gasteiger partial charge on any atom is 0.258 e. The van der Waals surface area contributed by atoms with Crippen molar-refractivity contribution in [3.8, 4) is 17.6 Å². The number of carbonyl (C=O) groups is 2. The molecule has 57 heavy (non-hydrogen) atoms. The van der Waals surface area contributed by atoms with Crippen LogP contribution in [0.15, 0.2) is 97.1 Å². The van der Waals surface area contributed by atoms with Crippen LogP contribution in [0.1, 0.15) is 68.1 Å². The van der Waals surface area contributed by atoms with Gasteiger partial charge in [0, 0.05) is 64.4 Å². The molecule has 0 saturated carbocycles. The molecule has 2 N–H and O–H groups in total. The number of nitrogens with zero attached hydrogens (tertiary/aromatic N) is 3. The van der Waals surface area contributed by atoms with E-state index in [1.807, 2.05) is 30.3 Å². The zero-order chi connectivity index (χ0) is 39.7. The van der Waals surface area contributed by atoms with E-state index in [9.17, 15) is 9.59 Å². The van der Waals surface area contributed by atoms with Gasteiger partial charge in [0.05, 0.1) is 11.6 Å². The van der Waals surface area contributed by atoms with E-state index in [1.165, 1.54) is 36.8 Å². The van der Waals surface area contributed by atoms with Crippen molar-refractivity contribution in [2.75, 3.05) is 13.2 Å². The minimum Gasteiger partial charge on any atom is -0.484 e. The standard InChI is InChI=1S/C23H24ClN3O2.C22H24Cl2N2O2/c24-18-6-4-16(5-7-18)14-27-20-8-9-21(27)12-19(11-20)26-23(28)15-29-22-3-1-2-17(10-22)13-25;23-16-6-4-15(5-7-16)13-26-19-8-9-20(26)12-18(11-19)25-22(27)14-28-21-3-1-2-17(24)10-21/h1-7,10,19-21H,8-9,11-12,14-15H2,(H,26,28);1-7,10,18-20H,8-9,11-14H2,(H,25,27)/t19-,20+,21-;18-,19+,20-. The molecule has 4 aliphatic heterocycles. The minimum atomic E-state index is -0.108. The van der Waals surface area contributed by atoms with E-state index in [2.05, 4.69) is 50.8 Å². The van der Waals surface area contributed by atoms with Gasteiger partial charge in [-0.2, -0.15) is 5.26 Å². The molecule has 0 aromatic heterocycles. The van der Waals surface area contributed by atoms with Gasteiger partial charge < -0.3 is 20.1 Å². The Morgan fingerprint density at radius 2 is 1.02 bits per heavy atom. The average Bonchev–Trinajstić information content (AvgIpc) is 3.57. The van der Waals surface area contributed by atoms with Crippen molar-refractivity contribution >= 4 is 46.6 Å². The summed E-state index contributed by atoms with van der Waals surface area (Å²) in [5.41, 5.74) is 3.09. The number of benzene rings is 4. The van der Waals surface area contributed by atoms with Crippen LogP contribution in [0.2, 0.25) is 15.1 Å². The van der Waals surface area contributed by atoms with Gasteiger partial charge in [-0.25, -0.2) is 0 Å². The molecule has 0 spiro atoms. The normalized spacial score (nSPS) is 23.8. The Hall–Kier alpha value is -4.30. The third-order valence-electron chi connectivity index (χ3n) is 11.6. The van der Waals surface area contributed by atoms with Crippen LogP contribution in [-0.2, 0) is 22.7 Å². The van der Waals surface area contributed by atoms with Gasteiger partial charge in [-0.05, 0) is 123 Å². The van der Waals surface area contributed by atoms with Crippen molar-refractivity contribution in [2.45, 2.75) is 101 Å². The van der Waals surface area contributed by atoms with E-state index in [0.29, 0.717) is 46.3 Å². The second-order valence-corrected chi connectivity index (χ2v) is 16.8. The molecule has 8 rings (SSSR count). The number of ether oxygens (including phenoxy) is 2. The van der Waals surface area contributed by atoms with E-state index in [0.717, 1.165) is 48.8 Å². The number of amides is 2. The molecule has 2 amide bonds. The molecule has 298 valence electrons. The molecular formula is C45H48Cl3N5O4. The monoisotopic (exact) mass is 827 g/mol. The van der Waals surface area contributed by atoms with Crippen LogP contribution in [0.25, 0.3) is 0 Å². The maximum absolute atomic E-state index is 12.4. The predicted octanol–water partition coefficient (Wildman–Crippen LogP) is 8.59. The lowest BCUT2D eigenvalue weighted by molar-refractivity contribution is -0.125. The van der Waals surface area contributed by atoms with E-state index < -0.39 is 0 Å². The molecule has 0 unspecified atom stereocenters. The summed E-state index contributed by atoms with van der Waals surface area (Å²) in [6.45, 7) is 1.87. The molecule has 9 nitrogen and oxygen atoms in total. The van der Waals surface area contributed by atoms with Crippen molar-refractivity contribution < 1.29 is 19.1 Å². The summed E-state index contributed by atoms with van der Waals surface area (Å²) in [6.07, 6.45) is 8.69. The van der Waals surface area contributed by atoms with Gasteiger partial charge in [0.1, 0.15) is 11.5 Å². The third-order valence-corrected chi connectivity index (χ3v) is 12.3. The van der Waals surface area contributed by atoms with Gasteiger partial charge in [-0.1, -0.05) is 71.2 Å². The number of carbonyl (C=O) groups excluding carboxylic acids is 2. The van der Waals surface area contributed by atoms with E-state index in [-0.39, 0.29) is 37.1 Å². The quantitative estimate of drug-likeness (QED) is 0.147. The Labute approximate surface area is 350 Å². The fourth-order valence-electron chi connectivity index (χ4n) is 8.95. The number of halogens is 3. The van der Waals surface area contributed by atoms with Crippen LogP contribution in [0.5, 0.6) is 11.5 Å². The van der Waals surface area contributed by atoms with Crippen LogP contribution in [-0.4, -0.2) is 71.1 Å². The van der Waals surface area contributed by atoms with Crippen LogP contribution in [0.4, 0.5) is 0 Å². The highest BCUT2D eigenvalue weighted by molar-refractivity contribution is 6.31. The molecule has 0 radical (unpaired) electrons. The summed E-state index contributed by atoms with van der Waals surface area (Å²) in [4.78, 5) is 29.8. The fraction of sp³-hybridized carbons (Fsp3) is 0.400. The van der Waals surface area contributed by atoms with Crippen LogP contribution < -0.4 is 20.1 Å². The molecule has 6 atom stereocenters. The molecule has 4 fully saturated rings. The largest absolute Gasteiger partial charge is 0.484 e. The first-order chi connectivity index (χ1) is 27.7. The van der Waals surface area contributed by atoms with Crippen LogP contribution >= 0.6 is 34.8 Å². The predicted molar refractivity (Wildman–Crippen MR) is 224 cm³/mol. The smallest absolute Gasteiger partial charge is 0.258 e. The summed E-state index contributed by atoms with van der Waals surface area (Å²) in [7, 11) is 0. The van der Waals surface area contributed by atoms with Crippen molar-refractivity contribution in [1.29, 1.82) is 5.26 Å². The number of hydrogen-bond acceptors (Lipinski definition) is 7. The van der Waals surface area contributed by atoms with Crippen molar-refractivity contribution in [1.82, 2.24) is 20.4 Å². The van der Waals surface area contributed by atoms with Crippen molar-refractivity contribution in [2.24, 2.45) is 0 Å². The number of nitrogens with one attached hydrogen (secondary N) is 2. The molecule has 4 aromatic rings. The number of piperidine rings is 2. The summed E-state index contributed by atoms with van der Waals surface area (Å²) in [5.74, 6) is 0.969. The van der Waals surface area contributed by atoms with Gasteiger partial charge in [-0.15, -0.1) is 0 Å². The Bertz CT molecular complexity index is 2000. The molecular weight excluding hydrogens is 781 g/mol. The van der Waals surface area contributed by atoms with Crippen LogP contribution in [0.3, 0.4) is 0 Å². The highest BCUT2D eigenvalue weighted by atomic mass is 35.5. The highest BCUT2D eigenvalue weighted by Crippen LogP contribution is 2.38. The second-order valence-electron chi connectivity index (χ2n) is 15.5. The molecule has 4 saturated heterocycles. The lowest BCUT2D eigenvalue weighted by Crippen LogP contribution is -2.50. The average molecular weight is 829 g/mol. The molecule has 12 heteroatoms. The second kappa shape index (κ2) is 19.4. The summed E-state index contributed by atoms with van der Waals surface area (Å²) >= 11 is 17.9. The molecule has 4 heterocycles. The SMILES string of the molecule is N#Cc1cccc(OCC(=O)N[C@H]2C[C@H]3CC[C@@H](C2)N3Cc2ccc(Cl)cc2)c1.O=C(COc1cccc(Cl)c1)N[C@H]1C[C@H]2CC[C@@H](C1)N2Cc1ccc(Cl)cc1. The molecule has 4 aromatic carbocycles. The van der Waals surface area contributed by atoms with E-state index in [4.69, 9.17) is 49.5 Å². The zero-order valence-electron chi connectivity index (χ0n) is 31.8. The fourth-order valence-corrected chi connectivity index (χ4v) is 9.38. The van der Waals surface area contributed by atoms with Crippen molar-refractivity contribution in [3.05, 3.63) is 129 Å². The van der Waals surface area contributed by atoms with Crippen LogP contribution in [0, 0.1) is 11.3 Å². The van der Waals surface area contributed by atoms with Gasteiger partial charge in [0.15, 0.2) is 13.2 Å².